The molecule has 0 saturated carbocycles. The van der Waals surface area contributed by atoms with Gasteiger partial charge in [-0.3, -0.25) is 9.59 Å². The van der Waals surface area contributed by atoms with Gasteiger partial charge in [0, 0.05) is 13.0 Å². The molecule has 0 aliphatic carbocycles. The predicted octanol–water partition coefficient (Wildman–Crippen LogP) is 0.581. The van der Waals surface area contributed by atoms with Crippen molar-refractivity contribution >= 4 is 11.8 Å². The van der Waals surface area contributed by atoms with Crippen LogP contribution in [0.1, 0.15) is 18.4 Å². The molecule has 1 saturated heterocycles. The molecule has 1 aliphatic rings. The maximum Gasteiger partial charge on any atom is 0.242 e. The molecule has 0 spiro atoms. The summed E-state index contributed by atoms with van der Waals surface area (Å²) in [5.41, 5.74) is 1.06. The van der Waals surface area contributed by atoms with Crippen LogP contribution in [0.4, 0.5) is 0 Å². The van der Waals surface area contributed by atoms with Crippen molar-refractivity contribution in [2.75, 3.05) is 0 Å². The number of rotatable bonds is 3. The number of nitrogens with one attached hydrogen (secondary N) is 2. The van der Waals surface area contributed by atoms with E-state index in [1.807, 2.05) is 30.3 Å². The van der Waals surface area contributed by atoms with Gasteiger partial charge < -0.3 is 10.6 Å². The van der Waals surface area contributed by atoms with Crippen molar-refractivity contribution in [2.45, 2.75) is 25.4 Å². The number of carbonyl (C=O) groups is 2. The van der Waals surface area contributed by atoms with Crippen LogP contribution in [0.3, 0.4) is 0 Å². The Hall–Kier alpha value is -1.84. The fourth-order valence-electron chi connectivity index (χ4n) is 1.72. The topological polar surface area (TPSA) is 58.2 Å². The second-order valence-corrected chi connectivity index (χ2v) is 3.86. The fraction of sp³-hybridized carbons (Fsp3) is 0.333. The van der Waals surface area contributed by atoms with Crippen molar-refractivity contribution in [3.8, 4) is 0 Å². The van der Waals surface area contributed by atoms with E-state index in [0.717, 1.165) is 5.56 Å². The Morgan fingerprint density at radius 3 is 2.75 bits per heavy atom. The standard InChI is InChI=1S/C12H14N2O2/c15-11-7-6-10(14-11)12(16)13-8-9-4-2-1-3-5-9/h1-5,10H,6-8H2,(H,13,16)(H,14,15)/t10-/m1/s1. The summed E-state index contributed by atoms with van der Waals surface area (Å²) in [5, 5.41) is 5.45. The van der Waals surface area contributed by atoms with Gasteiger partial charge in [-0.05, 0) is 12.0 Å². The number of hydrogen-bond acceptors (Lipinski definition) is 2. The van der Waals surface area contributed by atoms with Crippen molar-refractivity contribution in [1.82, 2.24) is 10.6 Å². The number of carbonyl (C=O) groups excluding carboxylic acids is 2. The minimum atomic E-state index is -0.351. The highest BCUT2D eigenvalue weighted by Gasteiger charge is 2.26. The van der Waals surface area contributed by atoms with E-state index in [-0.39, 0.29) is 17.9 Å². The molecular weight excluding hydrogens is 204 g/mol. The van der Waals surface area contributed by atoms with Crippen LogP contribution in [0.5, 0.6) is 0 Å². The summed E-state index contributed by atoms with van der Waals surface area (Å²) >= 11 is 0. The second-order valence-electron chi connectivity index (χ2n) is 3.86. The molecule has 4 nitrogen and oxygen atoms in total. The number of amides is 2. The molecule has 2 rings (SSSR count). The minimum absolute atomic E-state index is 0.0418. The first-order valence-corrected chi connectivity index (χ1v) is 5.37. The van der Waals surface area contributed by atoms with Gasteiger partial charge in [0.05, 0.1) is 0 Å². The summed E-state index contributed by atoms with van der Waals surface area (Å²) in [6.45, 7) is 0.506. The summed E-state index contributed by atoms with van der Waals surface area (Å²) in [7, 11) is 0. The molecular formula is C12H14N2O2. The maximum atomic E-state index is 11.6. The minimum Gasteiger partial charge on any atom is -0.350 e. The van der Waals surface area contributed by atoms with E-state index in [4.69, 9.17) is 0 Å². The Kier molecular flexibility index (Phi) is 3.19. The molecule has 0 unspecified atom stereocenters. The Labute approximate surface area is 94.0 Å². The van der Waals surface area contributed by atoms with E-state index in [1.165, 1.54) is 0 Å². The SMILES string of the molecule is O=C1CC[C@H](C(=O)NCc2ccccc2)N1. The largest absolute Gasteiger partial charge is 0.350 e. The highest BCUT2D eigenvalue weighted by atomic mass is 16.2. The Morgan fingerprint density at radius 2 is 2.12 bits per heavy atom. The van der Waals surface area contributed by atoms with Gasteiger partial charge >= 0.3 is 0 Å². The first-order valence-electron chi connectivity index (χ1n) is 5.37. The van der Waals surface area contributed by atoms with Crippen molar-refractivity contribution in [3.05, 3.63) is 35.9 Å². The first-order chi connectivity index (χ1) is 7.75. The predicted molar refractivity (Wildman–Crippen MR) is 59.5 cm³/mol. The lowest BCUT2D eigenvalue weighted by Gasteiger charge is -2.10. The molecule has 1 heterocycles. The average molecular weight is 218 g/mol. The van der Waals surface area contributed by atoms with Crippen LogP contribution in [-0.2, 0) is 16.1 Å². The number of benzene rings is 1. The van der Waals surface area contributed by atoms with E-state index in [1.54, 1.807) is 0 Å². The van der Waals surface area contributed by atoms with E-state index in [2.05, 4.69) is 10.6 Å². The van der Waals surface area contributed by atoms with Crippen LogP contribution in [0.25, 0.3) is 0 Å². The van der Waals surface area contributed by atoms with Gasteiger partial charge in [-0.15, -0.1) is 0 Å². The van der Waals surface area contributed by atoms with Crippen LogP contribution in [0.2, 0.25) is 0 Å². The summed E-state index contributed by atoms with van der Waals surface area (Å²) in [6.07, 6.45) is 1.04. The summed E-state index contributed by atoms with van der Waals surface area (Å²) < 4.78 is 0. The van der Waals surface area contributed by atoms with Crippen molar-refractivity contribution in [2.24, 2.45) is 0 Å². The molecule has 1 fully saturated rings. The van der Waals surface area contributed by atoms with E-state index in [9.17, 15) is 9.59 Å². The molecule has 1 aromatic rings. The van der Waals surface area contributed by atoms with E-state index in [0.29, 0.717) is 19.4 Å². The average Bonchev–Trinajstić information content (AvgIpc) is 2.74. The van der Waals surface area contributed by atoms with Gasteiger partial charge in [-0.25, -0.2) is 0 Å². The zero-order valence-electron chi connectivity index (χ0n) is 8.90. The van der Waals surface area contributed by atoms with Crippen LogP contribution in [-0.4, -0.2) is 17.9 Å². The van der Waals surface area contributed by atoms with Crippen LogP contribution >= 0.6 is 0 Å². The monoisotopic (exact) mass is 218 g/mol. The molecule has 2 amide bonds. The van der Waals surface area contributed by atoms with Gasteiger partial charge in [0.2, 0.25) is 11.8 Å². The maximum absolute atomic E-state index is 11.6. The third kappa shape index (κ3) is 2.59. The smallest absolute Gasteiger partial charge is 0.242 e. The summed E-state index contributed by atoms with van der Waals surface area (Å²) in [4.78, 5) is 22.6. The van der Waals surface area contributed by atoms with Gasteiger partial charge in [-0.2, -0.15) is 0 Å². The van der Waals surface area contributed by atoms with Crippen LogP contribution < -0.4 is 10.6 Å². The van der Waals surface area contributed by atoms with Crippen LogP contribution in [0.15, 0.2) is 30.3 Å². The number of hydrogen-bond donors (Lipinski definition) is 2. The molecule has 4 heteroatoms. The van der Waals surface area contributed by atoms with E-state index >= 15 is 0 Å². The quantitative estimate of drug-likeness (QED) is 0.779. The van der Waals surface area contributed by atoms with Crippen LogP contribution in [0, 0.1) is 0 Å². The first kappa shape index (κ1) is 10.7. The Bertz CT molecular complexity index is 389. The second kappa shape index (κ2) is 4.79. The van der Waals surface area contributed by atoms with Crippen molar-refractivity contribution in [3.63, 3.8) is 0 Å². The molecule has 16 heavy (non-hydrogen) atoms. The molecule has 1 aliphatic heterocycles. The zero-order chi connectivity index (χ0) is 11.4. The van der Waals surface area contributed by atoms with Crippen molar-refractivity contribution < 1.29 is 9.59 Å². The molecule has 0 radical (unpaired) electrons. The Balaban J connectivity index is 1.82. The third-order valence-electron chi connectivity index (χ3n) is 2.62. The van der Waals surface area contributed by atoms with E-state index < -0.39 is 0 Å². The fourth-order valence-corrected chi connectivity index (χ4v) is 1.72. The molecule has 1 aromatic carbocycles. The van der Waals surface area contributed by atoms with Gasteiger partial charge in [0.25, 0.3) is 0 Å². The third-order valence-corrected chi connectivity index (χ3v) is 2.62. The van der Waals surface area contributed by atoms with Crippen molar-refractivity contribution in [1.29, 1.82) is 0 Å². The Morgan fingerprint density at radius 1 is 1.38 bits per heavy atom. The lowest BCUT2D eigenvalue weighted by atomic mass is 10.2. The lowest BCUT2D eigenvalue weighted by Crippen LogP contribution is -2.41. The van der Waals surface area contributed by atoms with Gasteiger partial charge in [-0.1, -0.05) is 30.3 Å². The molecule has 0 bridgehead atoms. The normalized spacial score (nSPS) is 19.2. The highest BCUT2D eigenvalue weighted by molar-refractivity contribution is 5.90. The zero-order valence-corrected chi connectivity index (χ0v) is 8.90. The molecule has 2 N–H and O–H groups in total. The highest BCUT2D eigenvalue weighted by Crippen LogP contribution is 2.06. The summed E-state index contributed by atoms with van der Waals surface area (Å²) in [5.74, 6) is -0.144. The molecule has 1 atom stereocenters. The molecule has 84 valence electrons. The van der Waals surface area contributed by atoms with Gasteiger partial charge in [0.15, 0.2) is 0 Å². The summed E-state index contributed by atoms with van der Waals surface area (Å²) in [6, 6.07) is 9.34. The van der Waals surface area contributed by atoms with Gasteiger partial charge in [0.1, 0.15) is 6.04 Å². The molecule has 0 aromatic heterocycles. The lowest BCUT2D eigenvalue weighted by molar-refractivity contribution is -0.125.